The van der Waals surface area contributed by atoms with Gasteiger partial charge in [0.05, 0.1) is 17.3 Å². The second kappa shape index (κ2) is 9.35. The Bertz CT molecular complexity index is 1030. The predicted molar refractivity (Wildman–Crippen MR) is 118 cm³/mol. The molecule has 0 bridgehead atoms. The topological polar surface area (TPSA) is 71.3 Å². The smallest absolute Gasteiger partial charge is 0.241 e. The van der Waals surface area contributed by atoms with Gasteiger partial charge in [-0.2, -0.15) is 4.98 Å². The Morgan fingerprint density at radius 2 is 1.77 bits per heavy atom. The monoisotopic (exact) mass is 464 g/mol. The van der Waals surface area contributed by atoms with Crippen LogP contribution in [-0.4, -0.2) is 34.0 Å². The number of amides is 1. The molecular weight excluding hydrogens is 447 g/mol. The van der Waals surface area contributed by atoms with Gasteiger partial charge >= 0.3 is 0 Å². The SMILES string of the molecule is O=C(Nc1ccc(Cl)cc1Cl)C1CCN(Cc2nc(-c3ccc(Cl)cc3)no2)CC1. The van der Waals surface area contributed by atoms with Crippen molar-refractivity contribution in [1.29, 1.82) is 0 Å². The number of aromatic nitrogens is 2. The standard InChI is InChI=1S/C21H19Cl3N4O2/c22-15-3-1-13(2-4-15)20-26-19(30-27-20)12-28-9-7-14(8-10-28)21(29)25-18-6-5-16(23)11-17(18)24/h1-6,11,14H,7-10,12H2,(H,25,29). The maximum absolute atomic E-state index is 12.6. The first kappa shape index (κ1) is 21.1. The third kappa shape index (κ3) is 5.13. The van der Waals surface area contributed by atoms with Crippen LogP contribution < -0.4 is 5.32 Å². The fourth-order valence-electron chi connectivity index (χ4n) is 3.41. The van der Waals surface area contributed by atoms with Crippen molar-refractivity contribution in [2.45, 2.75) is 19.4 Å². The van der Waals surface area contributed by atoms with Gasteiger partial charge in [0.15, 0.2) is 0 Å². The fourth-order valence-corrected chi connectivity index (χ4v) is 3.99. The zero-order chi connectivity index (χ0) is 21.1. The number of rotatable bonds is 5. The lowest BCUT2D eigenvalue weighted by Crippen LogP contribution is -2.37. The Morgan fingerprint density at radius 1 is 1.07 bits per heavy atom. The summed E-state index contributed by atoms with van der Waals surface area (Å²) in [5.74, 6) is 0.994. The van der Waals surface area contributed by atoms with Crippen molar-refractivity contribution < 1.29 is 9.32 Å². The van der Waals surface area contributed by atoms with Crippen LogP contribution in [0.15, 0.2) is 47.0 Å². The summed E-state index contributed by atoms with van der Waals surface area (Å²) in [6.45, 7) is 2.09. The quantitative estimate of drug-likeness (QED) is 0.535. The number of benzene rings is 2. The maximum Gasteiger partial charge on any atom is 0.241 e. The lowest BCUT2D eigenvalue weighted by Gasteiger charge is -2.30. The Hall–Kier alpha value is -2.12. The van der Waals surface area contributed by atoms with Gasteiger partial charge in [0.25, 0.3) is 0 Å². The van der Waals surface area contributed by atoms with E-state index in [4.69, 9.17) is 39.3 Å². The molecule has 30 heavy (non-hydrogen) atoms. The molecule has 1 aliphatic rings. The largest absolute Gasteiger partial charge is 0.338 e. The summed E-state index contributed by atoms with van der Waals surface area (Å²) < 4.78 is 5.39. The van der Waals surface area contributed by atoms with Gasteiger partial charge < -0.3 is 9.84 Å². The van der Waals surface area contributed by atoms with E-state index in [1.54, 1.807) is 30.3 Å². The number of hydrogen-bond acceptors (Lipinski definition) is 5. The molecule has 3 aromatic rings. The van der Waals surface area contributed by atoms with Crippen molar-refractivity contribution in [3.63, 3.8) is 0 Å². The van der Waals surface area contributed by atoms with Crippen LogP contribution in [0.3, 0.4) is 0 Å². The molecule has 6 nitrogen and oxygen atoms in total. The van der Waals surface area contributed by atoms with Crippen LogP contribution in [0.25, 0.3) is 11.4 Å². The summed E-state index contributed by atoms with van der Waals surface area (Å²) in [7, 11) is 0. The van der Waals surface area contributed by atoms with Crippen LogP contribution in [0, 0.1) is 5.92 Å². The minimum Gasteiger partial charge on any atom is -0.338 e. The molecule has 2 aromatic carbocycles. The van der Waals surface area contributed by atoms with Gasteiger partial charge in [0, 0.05) is 21.5 Å². The molecule has 2 heterocycles. The van der Waals surface area contributed by atoms with Crippen LogP contribution in [0.4, 0.5) is 5.69 Å². The predicted octanol–water partition coefficient (Wildman–Crippen LogP) is 5.55. The summed E-state index contributed by atoms with van der Waals surface area (Å²) in [4.78, 5) is 19.3. The van der Waals surface area contributed by atoms with Gasteiger partial charge in [-0.1, -0.05) is 40.0 Å². The minimum atomic E-state index is -0.0692. The molecule has 1 fully saturated rings. The summed E-state index contributed by atoms with van der Waals surface area (Å²) in [6, 6.07) is 12.3. The van der Waals surface area contributed by atoms with Crippen LogP contribution in [0.2, 0.25) is 15.1 Å². The number of likely N-dealkylation sites (tertiary alicyclic amines) is 1. The summed E-state index contributed by atoms with van der Waals surface area (Å²) >= 11 is 18.0. The van der Waals surface area contributed by atoms with Gasteiger partial charge in [-0.05, 0) is 68.4 Å². The Labute approximate surface area is 189 Å². The van der Waals surface area contributed by atoms with Crippen LogP contribution in [0.1, 0.15) is 18.7 Å². The van der Waals surface area contributed by atoms with E-state index in [9.17, 15) is 4.79 Å². The normalized spacial score (nSPS) is 15.3. The second-order valence-electron chi connectivity index (χ2n) is 7.18. The first-order valence-corrected chi connectivity index (χ1v) is 10.7. The molecule has 1 aliphatic heterocycles. The molecule has 1 saturated heterocycles. The Morgan fingerprint density at radius 3 is 2.47 bits per heavy atom. The van der Waals surface area contributed by atoms with E-state index >= 15 is 0 Å². The molecule has 1 amide bonds. The number of nitrogens with zero attached hydrogens (tertiary/aromatic N) is 3. The van der Waals surface area contributed by atoms with Gasteiger partial charge in [-0.3, -0.25) is 9.69 Å². The first-order chi connectivity index (χ1) is 14.5. The number of hydrogen-bond donors (Lipinski definition) is 1. The second-order valence-corrected chi connectivity index (χ2v) is 8.46. The molecule has 1 aromatic heterocycles. The highest BCUT2D eigenvalue weighted by Crippen LogP contribution is 2.27. The Kier molecular flexibility index (Phi) is 6.58. The van der Waals surface area contributed by atoms with E-state index in [1.807, 2.05) is 12.1 Å². The molecule has 0 radical (unpaired) electrons. The zero-order valence-corrected chi connectivity index (χ0v) is 18.2. The summed E-state index contributed by atoms with van der Waals surface area (Å²) in [5.41, 5.74) is 1.43. The van der Waals surface area contributed by atoms with Gasteiger partial charge in [-0.25, -0.2) is 0 Å². The van der Waals surface area contributed by atoms with E-state index in [0.29, 0.717) is 39.0 Å². The van der Waals surface area contributed by atoms with Crippen molar-refractivity contribution >= 4 is 46.4 Å². The molecule has 0 aliphatic carbocycles. The van der Waals surface area contributed by atoms with Gasteiger partial charge in [0.1, 0.15) is 0 Å². The molecule has 0 atom stereocenters. The highest BCUT2D eigenvalue weighted by molar-refractivity contribution is 6.36. The maximum atomic E-state index is 12.6. The molecule has 0 unspecified atom stereocenters. The average Bonchev–Trinajstić information content (AvgIpc) is 3.19. The lowest BCUT2D eigenvalue weighted by molar-refractivity contribution is -0.121. The zero-order valence-electron chi connectivity index (χ0n) is 15.9. The molecule has 9 heteroatoms. The number of nitrogens with one attached hydrogen (secondary N) is 1. The van der Waals surface area contributed by atoms with Crippen molar-refractivity contribution in [2.75, 3.05) is 18.4 Å². The van der Waals surface area contributed by atoms with E-state index in [0.717, 1.165) is 31.5 Å². The molecule has 0 saturated carbocycles. The molecule has 0 spiro atoms. The third-order valence-corrected chi connectivity index (χ3v) is 5.88. The minimum absolute atomic E-state index is 0.0262. The molecular formula is C21H19Cl3N4O2. The first-order valence-electron chi connectivity index (χ1n) is 9.55. The number of carbonyl (C=O) groups is 1. The number of carbonyl (C=O) groups excluding carboxylic acids is 1. The van der Waals surface area contributed by atoms with Crippen molar-refractivity contribution in [3.05, 3.63) is 63.4 Å². The van der Waals surface area contributed by atoms with Crippen molar-refractivity contribution in [1.82, 2.24) is 15.0 Å². The van der Waals surface area contributed by atoms with Crippen LogP contribution >= 0.6 is 34.8 Å². The third-order valence-electron chi connectivity index (χ3n) is 5.08. The van der Waals surface area contributed by atoms with Crippen LogP contribution in [0.5, 0.6) is 0 Å². The highest BCUT2D eigenvalue weighted by atomic mass is 35.5. The highest BCUT2D eigenvalue weighted by Gasteiger charge is 2.26. The van der Waals surface area contributed by atoms with Gasteiger partial charge in [0.2, 0.25) is 17.6 Å². The van der Waals surface area contributed by atoms with E-state index < -0.39 is 0 Å². The summed E-state index contributed by atoms with van der Waals surface area (Å²) in [6.07, 6.45) is 1.49. The van der Waals surface area contributed by atoms with E-state index in [2.05, 4.69) is 20.4 Å². The van der Waals surface area contributed by atoms with E-state index in [1.165, 1.54) is 0 Å². The molecule has 156 valence electrons. The fraction of sp³-hybridized carbons (Fsp3) is 0.286. The number of halogens is 3. The van der Waals surface area contributed by atoms with Crippen molar-refractivity contribution in [3.8, 4) is 11.4 Å². The Balaban J connectivity index is 1.29. The van der Waals surface area contributed by atoms with Crippen LogP contribution in [-0.2, 0) is 11.3 Å². The van der Waals surface area contributed by atoms with Gasteiger partial charge in [-0.15, -0.1) is 0 Å². The van der Waals surface area contributed by atoms with E-state index in [-0.39, 0.29) is 11.8 Å². The van der Waals surface area contributed by atoms with Crippen molar-refractivity contribution in [2.24, 2.45) is 5.92 Å². The average molecular weight is 466 g/mol. The number of piperidine rings is 1. The molecule has 1 N–H and O–H groups in total. The molecule has 4 rings (SSSR count). The lowest BCUT2D eigenvalue weighted by atomic mass is 9.96. The summed E-state index contributed by atoms with van der Waals surface area (Å²) in [5, 5.41) is 8.57. The number of anilines is 1.